The van der Waals surface area contributed by atoms with E-state index in [9.17, 15) is 4.79 Å². The van der Waals surface area contributed by atoms with Crippen LogP contribution in [0.4, 0.5) is 5.69 Å². The number of benzene rings is 1. The third-order valence-corrected chi connectivity index (χ3v) is 2.72. The van der Waals surface area contributed by atoms with Crippen LogP contribution in [0, 0.1) is 0 Å². The Labute approximate surface area is 103 Å². The third-order valence-electron chi connectivity index (χ3n) is 2.10. The van der Waals surface area contributed by atoms with Crippen LogP contribution in [0.15, 0.2) is 12.1 Å². The van der Waals surface area contributed by atoms with Crippen LogP contribution < -0.4 is 11.5 Å². The Bertz CT molecular complexity index is 387. The van der Waals surface area contributed by atoms with Crippen molar-refractivity contribution in [2.75, 3.05) is 12.8 Å². The molecule has 0 aliphatic carbocycles. The predicted molar refractivity (Wildman–Crippen MR) is 64.6 cm³/mol. The summed E-state index contributed by atoms with van der Waals surface area (Å²) in [5, 5.41) is 0.694. The smallest absolute Gasteiger partial charge is 0.322 e. The molecule has 1 rings (SSSR count). The Hall–Kier alpha value is -0.970. The molecule has 0 unspecified atom stereocenters. The molecule has 0 heterocycles. The van der Waals surface area contributed by atoms with E-state index in [0.29, 0.717) is 22.2 Å². The van der Waals surface area contributed by atoms with Gasteiger partial charge in [0.15, 0.2) is 0 Å². The van der Waals surface area contributed by atoms with Gasteiger partial charge in [0, 0.05) is 0 Å². The summed E-state index contributed by atoms with van der Waals surface area (Å²) in [4.78, 5) is 11.1. The van der Waals surface area contributed by atoms with Gasteiger partial charge in [-0.15, -0.1) is 0 Å². The minimum Gasteiger partial charge on any atom is -0.468 e. The van der Waals surface area contributed by atoms with Crippen molar-refractivity contribution in [2.45, 2.75) is 12.5 Å². The highest BCUT2D eigenvalue weighted by Crippen LogP contribution is 2.29. The first-order valence-corrected chi connectivity index (χ1v) is 5.28. The molecule has 4 nitrogen and oxygen atoms in total. The summed E-state index contributed by atoms with van der Waals surface area (Å²) in [6.45, 7) is 0. The Morgan fingerprint density at radius 2 is 1.94 bits per heavy atom. The molecule has 1 aromatic carbocycles. The van der Waals surface area contributed by atoms with Gasteiger partial charge in [0.1, 0.15) is 6.04 Å². The zero-order valence-corrected chi connectivity index (χ0v) is 10.2. The lowest BCUT2D eigenvalue weighted by Gasteiger charge is -2.10. The van der Waals surface area contributed by atoms with Gasteiger partial charge in [-0.25, -0.2) is 0 Å². The number of nitrogens with two attached hydrogens (primary N) is 2. The molecule has 1 atom stereocenters. The molecule has 0 bridgehead atoms. The molecular weight excluding hydrogens is 251 g/mol. The van der Waals surface area contributed by atoms with Gasteiger partial charge in [-0.1, -0.05) is 23.2 Å². The quantitative estimate of drug-likeness (QED) is 0.641. The lowest BCUT2D eigenvalue weighted by Crippen LogP contribution is -2.33. The summed E-state index contributed by atoms with van der Waals surface area (Å²) in [6.07, 6.45) is 0.298. The van der Waals surface area contributed by atoms with Crippen LogP contribution in [-0.4, -0.2) is 19.1 Å². The molecule has 0 spiro atoms. The minimum atomic E-state index is -0.735. The monoisotopic (exact) mass is 262 g/mol. The molecule has 88 valence electrons. The van der Waals surface area contributed by atoms with E-state index in [4.69, 9.17) is 34.7 Å². The van der Waals surface area contributed by atoms with E-state index in [1.807, 2.05) is 0 Å². The fourth-order valence-electron chi connectivity index (χ4n) is 1.24. The molecule has 0 aliphatic rings. The number of halogens is 2. The van der Waals surface area contributed by atoms with Crippen molar-refractivity contribution >= 4 is 34.9 Å². The average Bonchev–Trinajstić information content (AvgIpc) is 2.24. The first kappa shape index (κ1) is 13.1. The van der Waals surface area contributed by atoms with Crippen molar-refractivity contribution in [1.82, 2.24) is 0 Å². The summed E-state index contributed by atoms with van der Waals surface area (Å²) < 4.78 is 4.51. The van der Waals surface area contributed by atoms with E-state index in [1.165, 1.54) is 7.11 Å². The number of methoxy groups -OCH3 is 1. The highest BCUT2D eigenvalue weighted by Gasteiger charge is 2.15. The average molecular weight is 263 g/mol. The molecule has 0 amide bonds. The molecule has 0 aliphatic heterocycles. The highest BCUT2D eigenvalue weighted by atomic mass is 35.5. The van der Waals surface area contributed by atoms with Crippen LogP contribution in [0.2, 0.25) is 10.0 Å². The maximum atomic E-state index is 11.1. The number of hydrogen-bond donors (Lipinski definition) is 2. The lowest BCUT2D eigenvalue weighted by molar-refractivity contribution is -0.142. The zero-order valence-electron chi connectivity index (χ0n) is 8.67. The SMILES string of the molecule is COC(=O)[C@@H](N)Cc1cc(Cl)c(N)c(Cl)c1. The van der Waals surface area contributed by atoms with Crippen LogP contribution in [0.3, 0.4) is 0 Å². The second kappa shape index (κ2) is 5.39. The Morgan fingerprint density at radius 1 is 1.44 bits per heavy atom. The van der Waals surface area contributed by atoms with E-state index in [2.05, 4.69) is 4.74 Å². The van der Waals surface area contributed by atoms with Crippen molar-refractivity contribution in [2.24, 2.45) is 5.73 Å². The van der Waals surface area contributed by atoms with Crippen LogP contribution in [-0.2, 0) is 16.0 Å². The molecule has 4 N–H and O–H groups in total. The number of carbonyl (C=O) groups is 1. The summed E-state index contributed by atoms with van der Waals surface area (Å²) in [5.41, 5.74) is 12.2. The van der Waals surface area contributed by atoms with Crippen molar-refractivity contribution in [3.8, 4) is 0 Å². The molecule has 0 aromatic heterocycles. The summed E-state index contributed by atoms with van der Waals surface area (Å²) in [7, 11) is 1.28. The fraction of sp³-hybridized carbons (Fsp3) is 0.300. The van der Waals surface area contributed by atoms with Crippen molar-refractivity contribution < 1.29 is 9.53 Å². The second-order valence-electron chi connectivity index (χ2n) is 3.31. The molecule has 0 radical (unpaired) electrons. The van der Waals surface area contributed by atoms with E-state index in [-0.39, 0.29) is 0 Å². The van der Waals surface area contributed by atoms with Gasteiger partial charge in [0.25, 0.3) is 0 Å². The molecule has 1 aromatic rings. The van der Waals surface area contributed by atoms with Crippen LogP contribution in [0.25, 0.3) is 0 Å². The topological polar surface area (TPSA) is 78.3 Å². The van der Waals surface area contributed by atoms with E-state index in [0.717, 1.165) is 5.56 Å². The standard InChI is InChI=1S/C10H12Cl2N2O2/c1-16-10(15)8(13)4-5-2-6(11)9(14)7(12)3-5/h2-3,8H,4,13-14H2,1H3/t8-/m0/s1. The van der Waals surface area contributed by atoms with Crippen molar-refractivity contribution in [3.63, 3.8) is 0 Å². The van der Waals surface area contributed by atoms with Gasteiger partial charge >= 0.3 is 5.97 Å². The number of esters is 1. The van der Waals surface area contributed by atoms with E-state index >= 15 is 0 Å². The fourth-order valence-corrected chi connectivity index (χ4v) is 1.78. The minimum absolute atomic E-state index is 0.298. The lowest BCUT2D eigenvalue weighted by atomic mass is 10.1. The maximum Gasteiger partial charge on any atom is 0.322 e. The summed E-state index contributed by atoms with van der Waals surface area (Å²) in [6, 6.07) is 2.53. The van der Waals surface area contributed by atoms with Gasteiger partial charge in [0.05, 0.1) is 22.8 Å². The van der Waals surface area contributed by atoms with Gasteiger partial charge in [-0.3, -0.25) is 4.79 Å². The van der Waals surface area contributed by atoms with E-state index in [1.54, 1.807) is 12.1 Å². The first-order valence-electron chi connectivity index (χ1n) is 4.52. The van der Waals surface area contributed by atoms with Gasteiger partial charge in [0.2, 0.25) is 0 Å². The highest BCUT2D eigenvalue weighted by molar-refractivity contribution is 6.38. The van der Waals surface area contributed by atoms with Crippen LogP contribution >= 0.6 is 23.2 Å². The van der Waals surface area contributed by atoms with Crippen molar-refractivity contribution in [1.29, 1.82) is 0 Å². The Morgan fingerprint density at radius 3 is 2.38 bits per heavy atom. The number of carbonyl (C=O) groups excluding carboxylic acids is 1. The van der Waals surface area contributed by atoms with Crippen LogP contribution in [0.5, 0.6) is 0 Å². The van der Waals surface area contributed by atoms with Gasteiger partial charge in [-0.05, 0) is 24.1 Å². The van der Waals surface area contributed by atoms with E-state index < -0.39 is 12.0 Å². The largest absolute Gasteiger partial charge is 0.468 e. The molecule has 0 saturated heterocycles. The number of hydrogen-bond acceptors (Lipinski definition) is 4. The second-order valence-corrected chi connectivity index (χ2v) is 4.12. The predicted octanol–water partition coefficient (Wildman–Crippen LogP) is 1.62. The number of ether oxygens (including phenoxy) is 1. The molecular formula is C10H12Cl2N2O2. The maximum absolute atomic E-state index is 11.1. The summed E-state index contributed by atoms with van der Waals surface area (Å²) >= 11 is 11.7. The number of rotatable bonds is 3. The number of anilines is 1. The van der Waals surface area contributed by atoms with Gasteiger partial charge in [-0.2, -0.15) is 0 Å². The zero-order chi connectivity index (χ0) is 12.3. The summed E-state index contributed by atoms with van der Waals surface area (Å²) in [5.74, 6) is -0.482. The molecule has 16 heavy (non-hydrogen) atoms. The third kappa shape index (κ3) is 3.01. The molecule has 6 heteroatoms. The normalized spacial score (nSPS) is 12.2. The van der Waals surface area contributed by atoms with Crippen molar-refractivity contribution in [3.05, 3.63) is 27.7 Å². The Balaban J connectivity index is 2.86. The first-order chi connectivity index (χ1) is 7.45. The molecule has 0 fully saturated rings. The molecule has 0 saturated carbocycles. The van der Waals surface area contributed by atoms with Gasteiger partial charge < -0.3 is 16.2 Å². The van der Waals surface area contributed by atoms with Crippen LogP contribution in [0.1, 0.15) is 5.56 Å². The number of nitrogen functional groups attached to an aromatic ring is 1. The Kier molecular flexibility index (Phi) is 4.41.